The van der Waals surface area contributed by atoms with Crippen LogP contribution in [0.2, 0.25) is 10.0 Å². The standard InChI is InChI=1S/C9H10Cl2O2S.C9H12ClN/c1-6(2)8-5-7(14(11,12)13)3-4-9(8)10;1-6(2)8-5-7(11)3-4-9(8)10/h3-6H,1-2H3;3-6H,11H2,1-2H3. The first-order chi connectivity index (χ1) is 11.4. The molecule has 0 radical (unpaired) electrons. The number of rotatable bonds is 3. The van der Waals surface area contributed by atoms with Crippen LogP contribution in [0.1, 0.15) is 50.7 Å². The molecule has 0 fully saturated rings. The first kappa shape index (κ1) is 22.1. The molecule has 2 aromatic rings. The summed E-state index contributed by atoms with van der Waals surface area (Å²) in [7, 11) is 1.55. The Morgan fingerprint density at radius 3 is 1.68 bits per heavy atom. The summed E-state index contributed by atoms with van der Waals surface area (Å²) >= 11 is 11.8. The van der Waals surface area contributed by atoms with E-state index in [1.807, 2.05) is 32.0 Å². The Morgan fingerprint density at radius 2 is 1.28 bits per heavy atom. The Balaban J connectivity index is 0.000000257. The van der Waals surface area contributed by atoms with Gasteiger partial charge in [-0.3, -0.25) is 0 Å². The highest BCUT2D eigenvalue weighted by atomic mass is 35.7. The van der Waals surface area contributed by atoms with E-state index in [0.29, 0.717) is 10.9 Å². The highest BCUT2D eigenvalue weighted by molar-refractivity contribution is 8.13. The van der Waals surface area contributed by atoms with Crippen molar-refractivity contribution in [3.8, 4) is 0 Å². The monoisotopic (exact) mass is 421 g/mol. The Bertz CT molecular complexity index is 834. The fourth-order valence-electron chi connectivity index (χ4n) is 2.12. The second-order valence-corrected chi connectivity index (χ2v) is 9.59. The second-order valence-electron chi connectivity index (χ2n) is 6.21. The topological polar surface area (TPSA) is 60.2 Å². The summed E-state index contributed by atoms with van der Waals surface area (Å²) < 4.78 is 22.1. The molecular formula is C18H22Cl3NO2S. The molecule has 0 aliphatic rings. The van der Waals surface area contributed by atoms with Gasteiger partial charge in [0.2, 0.25) is 0 Å². The molecule has 7 heteroatoms. The average molecular weight is 423 g/mol. The number of hydrogen-bond donors (Lipinski definition) is 1. The summed E-state index contributed by atoms with van der Waals surface area (Å²) in [5.74, 6) is 0.604. The Morgan fingerprint density at radius 1 is 0.840 bits per heavy atom. The van der Waals surface area contributed by atoms with Crippen LogP contribution in [0.25, 0.3) is 0 Å². The van der Waals surface area contributed by atoms with E-state index in [-0.39, 0.29) is 10.8 Å². The fourth-order valence-corrected chi connectivity index (χ4v) is 3.58. The summed E-state index contributed by atoms with van der Waals surface area (Å²) in [5, 5.41) is 1.36. The number of benzene rings is 2. The summed E-state index contributed by atoms with van der Waals surface area (Å²) in [6.07, 6.45) is 0. The quantitative estimate of drug-likeness (QED) is 0.457. The van der Waals surface area contributed by atoms with Crippen LogP contribution in [0.15, 0.2) is 41.3 Å². The van der Waals surface area contributed by atoms with E-state index in [4.69, 9.17) is 39.6 Å². The highest BCUT2D eigenvalue weighted by Crippen LogP contribution is 2.28. The van der Waals surface area contributed by atoms with Gasteiger partial charge < -0.3 is 5.73 Å². The van der Waals surface area contributed by atoms with Gasteiger partial charge in [0.1, 0.15) is 0 Å². The lowest BCUT2D eigenvalue weighted by Gasteiger charge is -2.08. The average Bonchev–Trinajstić information content (AvgIpc) is 2.49. The zero-order valence-corrected chi connectivity index (χ0v) is 17.6. The normalized spacial score (nSPS) is 11.4. The van der Waals surface area contributed by atoms with Crippen molar-refractivity contribution < 1.29 is 8.42 Å². The Hall–Kier alpha value is -0.940. The van der Waals surface area contributed by atoms with Crippen molar-refractivity contribution in [2.24, 2.45) is 0 Å². The van der Waals surface area contributed by atoms with Gasteiger partial charge in [-0.1, -0.05) is 50.9 Å². The molecule has 0 spiro atoms. The van der Waals surface area contributed by atoms with Gasteiger partial charge in [0.05, 0.1) is 4.90 Å². The van der Waals surface area contributed by atoms with E-state index in [2.05, 4.69) is 13.8 Å². The van der Waals surface area contributed by atoms with E-state index in [1.54, 1.807) is 6.07 Å². The number of hydrogen-bond acceptors (Lipinski definition) is 3. The molecule has 0 unspecified atom stereocenters. The molecule has 0 saturated heterocycles. The summed E-state index contributed by atoms with van der Waals surface area (Å²) in [5.41, 5.74) is 8.29. The smallest absolute Gasteiger partial charge is 0.261 e. The third-order valence-electron chi connectivity index (χ3n) is 3.51. The summed E-state index contributed by atoms with van der Waals surface area (Å²) in [6, 6.07) is 10.0. The van der Waals surface area contributed by atoms with Crippen LogP contribution in [0.3, 0.4) is 0 Å². The predicted molar refractivity (Wildman–Crippen MR) is 109 cm³/mol. The van der Waals surface area contributed by atoms with Crippen LogP contribution in [-0.2, 0) is 9.05 Å². The molecule has 3 nitrogen and oxygen atoms in total. The van der Waals surface area contributed by atoms with E-state index >= 15 is 0 Å². The molecule has 0 aliphatic heterocycles. The zero-order valence-electron chi connectivity index (χ0n) is 14.6. The lowest BCUT2D eigenvalue weighted by molar-refractivity contribution is 0.609. The summed E-state index contributed by atoms with van der Waals surface area (Å²) in [4.78, 5) is 0.0901. The Labute approximate surface area is 164 Å². The van der Waals surface area contributed by atoms with Gasteiger partial charge in [0.15, 0.2) is 0 Å². The first-order valence-electron chi connectivity index (χ1n) is 7.72. The van der Waals surface area contributed by atoms with Crippen molar-refractivity contribution in [2.75, 3.05) is 5.73 Å². The van der Waals surface area contributed by atoms with Crippen LogP contribution in [-0.4, -0.2) is 8.42 Å². The molecule has 0 aliphatic carbocycles. The largest absolute Gasteiger partial charge is 0.399 e. The predicted octanol–water partition coefficient (Wildman–Crippen LogP) is 6.44. The van der Waals surface area contributed by atoms with E-state index in [9.17, 15) is 8.42 Å². The van der Waals surface area contributed by atoms with Gasteiger partial charge in [0.25, 0.3) is 9.05 Å². The molecule has 2 aromatic carbocycles. The molecular weight excluding hydrogens is 401 g/mol. The second kappa shape index (κ2) is 9.13. The van der Waals surface area contributed by atoms with Crippen molar-refractivity contribution in [3.63, 3.8) is 0 Å². The molecule has 2 N–H and O–H groups in total. The SMILES string of the molecule is CC(C)c1cc(N)ccc1Cl.CC(C)c1cc(S(=O)(=O)Cl)ccc1Cl. The molecule has 0 saturated carbocycles. The maximum absolute atomic E-state index is 11.0. The first-order valence-corrected chi connectivity index (χ1v) is 10.8. The number of nitrogen functional groups attached to an aromatic ring is 1. The van der Waals surface area contributed by atoms with E-state index in [0.717, 1.165) is 21.8 Å². The van der Waals surface area contributed by atoms with Crippen molar-refractivity contribution in [2.45, 2.75) is 44.4 Å². The zero-order chi connectivity index (χ0) is 19.4. The highest BCUT2D eigenvalue weighted by Gasteiger charge is 2.13. The number of nitrogens with two attached hydrogens (primary N) is 1. The lowest BCUT2D eigenvalue weighted by atomic mass is 10.0. The van der Waals surface area contributed by atoms with Gasteiger partial charge in [-0.25, -0.2) is 8.42 Å². The van der Waals surface area contributed by atoms with Crippen LogP contribution in [0, 0.1) is 0 Å². The van der Waals surface area contributed by atoms with Crippen molar-refractivity contribution >= 4 is 48.6 Å². The molecule has 0 amide bonds. The van der Waals surface area contributed by atoms with E-state index in [1.165, 1.54) is 12.1 Å². The maximum atomic E-state index is 11.0. The van der Waals surface area contributed by atoms with Crippen LogP contribution in [0.4, 0.5) is 5.69 Å². The van der Waals surface area contributed by atoms with Crippen molar-refractivity contribution in [1.29, 1.82) is 0 Å². The van der Waals surface area contributed by atoms with Crippen LogP contribution in [0.5, 0.6) is 0 Å². The van der Waals surface area contributed by atoms with Crippen molar-refractivity contribution in [1.82, 2.24) is 0 Å². The third-order valence-corrected chi connectivity index (χ3v) is 5.55. The molecule has 0 bridgehead atoms. The van der Waals surface area contributed by atoms with Gasteiger partial charge >= 0.3 is 0 Å². The minimum absolute atomic E-state index is 0.0901. The lowest BCUT2D eigenvalue weighted by Crippen LogP contribution is -1.95. The molecule has 25 heavy (non-hydrogen) atoms. The Kier molecular flexibility index (Phi) is 8.07. The number of halogens is 3. The van der Waals surface area contributed by atoms with Crippen molar-refractivity contribution in [3.05, 3.63) is 57.6 Å². The van der Waals surface area contributed by atoms with Gasteiger partial charge in [-0.05, 0) is 59.4 Å². The number of anilines is 1. The fraction of sp³-hybridized carbons (Fsp3) is 0.333. The molecule has 0 atom stereocenters. The minimum atomic E-state index is -3.66. The maximum Gasteiger partial charge on any atom is 0.261 e. The van der Waals surface area contributed by atoms with Gasteiger partial charge in [-0.2, -0.15) is 0 Å². The minimum Gasteiger partial charge on any atom is -0.399 e. The molecule has 138 valence electrons. The van der Waals surface area contributed by atoms with E-state index < -0.39 is 9.05 Å². The van der Waals surface area contributed by atoms with Gasteiger partial charge in [-0.15, -0.1) is 0 Å². The van der Waals surface area contributed by atoms with Crippen LogP contribution >= 0.6 is 33.9 Å². The van der Waals surface area contributed by atoms with Gasteiger partial charge in [0, 0.05) is 26.4 Å². The molecule has 2 rings (SSSR count). The molecule has 0 heterocycles. The third kappa shape index (κ3) is 6.70. The van der Waals surface area contributed by atoms with Crippen LogP contribution < -0.4 is 5.73 Å². The molecule has 0 aromatic heterocycles. The summed E-state index contributed by atoms with van der Waals surface area (Å²) in [6.45, 7) is 8.07.